The highest BCUT2D eigenvalue weighted by Crippen LogP contribution is 2.24. The smallest absolute Gasteiger partial charge is 0.220 e. The van der Waals surface area contributed by atoms with Crippen molar-refractivity contribution in [3.63, 3.8) is 0 Å². The van der Waals surface area contributed by atoms with Gasteiger partial charge in [-0.3, -0.25) is 4.79 Å². The number of amides is 1. The third kappa shape index (κ3) is 3.48. The molecule has 2 aliphatic rings. The van der Waals surface area contributed by atoms with Crippen LogP contribution in [0.25, 0.3) is 0 Å². The molecule has 92 valence electrons. The van der Waals surface area contributed by atoms with Crippen LogP contribution in [0.5, 0.6) is 0 Å². The van der Waals surface area contributed by atoms with E-state index in [0.717, 1.165) is 37.8 Å². The predicted molar refractivity (Wildman–Crippen MR) is 65.2 cm³/mol. The minimum atomic E-state index is 0.269. The van der Waals surface area contributed by atoms with Crippen LogP contribution in [0, 0.1) is 11.8 Å². The molecule has 1 amide bonds. The van der Waals surface area contributed by atoms with E-state index in [0.29, 0.717) is 6.04 Å². The summed E-state index contributed by atoms with van der Waals surface area (Å²) in [5.74, 6) is 1.79. The average Bonchev–Trinajstić information content (AvgIpc) is 2.87. The molecule has 3 heteroatoms. The molecule has 0 aromatic heterocycles. The molecule has 3 atom stereocenters. The van der Waals surface area contributed by atoms with Crippen LogP contribution < -0.4 is 10.6 Å². The number of hydrogen-bond acceptors (Lipinski definition) is 2. The Morgan fingerprint density at radius 1 is 1.38 bits per heavy atom. The molecule has 0 radical (unpaired) electrons. The van der Waals surface area contributed by atoms with E-state index in [1.165, 1.54) is 25.7 Å². The lowest BCUT2D eigenvalue weighted by Gasteiger charge is -2.13. The molecule has 2 N–H and O–H groups in total. The molecule has 1 aliphatic carbocycles. The molecule has 0 bridgehead atoms. The van der Waals surface area contributed by atoms with Gasteiger partial charge in [-0.2, -0.15) is 0 Å². The topological polar surface area (TPSA) is 41.1 Å². The Kier molecular flexibility index (Phi) is 4.22. The maximum absolute atomic E-state index is 11.7. The lowest BCUT2D eigenvalue weighted by atomic mass is 10.0. The molecule has 1 saturated carbocycles. The quantitative estimate of drug-likeness (QED) is 0.763. The van der Waals surface area contributed by atoms with Crippen LogP contribution in [0.15, 0.2) is 0 Å². The fourth-order valence-electron chi connectivity index (χ4n) is 2.93. The van der Waals surface area contributed by atoms with Gasteiger partial charge in [0.2, 0.25) is 5.91 Å². The average molecular weight is 224 g/mol. The van der Waals surface area contributed by atoms with Crippen LogP contribution in [0.4, 0.5) is 0 Å². The van der Waals surface area contributed by atoms with Crippen LogP contribution in [0.2, 0.25) is 0 Å². The zero-order chi connectivity index (χ0) is 11.4. The molecule has 1 heterocycles. The van der Waals surface area contributed by atoms with Gasteiger partial charge in [0.1, 0.15) is 0 Å². The molecule has 2 rings (SSSR count). The van der Waals surface area contributed by atoms with Crippen molar-refractivity contribution < 1.29 is 4.79 Å². The summed E-state index contributed by atoms with van der Waals surface area (Å²) in [6, 6.07) is 0.462. The number of nitrogens with one attached hydrogen (secondary N) is 2. The highest BCUT2D eigenvalue weighted by Gasteiger charge is 2.23. The number of rotatable bonds is 4. The van der Waals surface area contributed by atoms with Gasteiger partial charge in [0.25, 0.3) is 0 Å². The van der Waals surface area contributed by atoms with Crippen molar-refractivity contribution in [2.75, 3.05) is 13.1 Å². The van der Waals surface area contributed by atoms with E-state index < -0.39 is 0 Å². The fourth-order valence-corrected chi connectivity index (χ4v) is 2.93. The van der Waals surface area contributed by atoms with Gasteiger partial charge in [-0.05, 0) is 57.0 Å². The lowest BCUT2D eigenvalue weighted by molar-refractivity contribution is -0.122. The van der Waals surface area contributed by atoms with Gasteiger partial charge in [0, 0.05) is 12.5 Å². The Hall–Kier alpha value is -0.570. The van der Waals surface area contributed by atoms with E-state index in [-0.39, 0.29) is 5.91 Å². The molecule has 0 aromatic rings. The predicted octanol–water partition coefficient (Wildman–Crippen LogP) is 1.68. The van der Waals surface area contributed by atoms with Crippen molar-refractivity contribution in [1.29, 1.82) is 0 Å². The third-order valence-corrected chi connectivity index (χ3v) is 4.00. The van der Waals surface area contributed by atoms with E-state index in [9.17, 15) is 4.79 Å². The molecule has 1 aliphatic heterocycles. The van der Waals surface area contributed by atoms with Crippen molar-refractivity contribution in [2.24, 2.45) is 11.8 Å². The first kappa shape index (κ1) is 11.9. The number of carbonyl (C=O) groups is 1. The van der Waals surface area contributed by atoms with Gasteiger partial charge < -0.3 is 10.6 Å². The number of hydrogen-bond donors (Lipinski definition) is 2. The summed E-state index contributed by atoms with van der Waals surface area (Å²) in [5.41, 5.74) is 0. The lowest BCUT2D eigenvalue weighted by Crippen LogP contribution is -2.33. The summed E-state index contributed by atoms with van der Waals surface area (Å²) < 4.78 is 0. The van der Waals surface area contributed by atoms with Crippen molar-refractivity contribution in [3.8, 4) is 0 Å². The normalized spacial score (nSPS) is 34.2. The van der Waals surface area contributed by atoms with Crippen LogP contribution in [0.1, 0.15) is 45.4 Å². The highest BCUT2D eigenvalue weighted by atomic mass is 16.1. The second kappa shape index (κ2) is 5.67. The van der Waals surface area contributed by atoms with Gasteiger partial charge in [-0.25, -0.2) is 0 Å². The molecule has 3 unspecified atom stereocenters. The SMILES string of the molecule is CC1CCC(NC(=O)CCC2CCNC2)C1. The first-order valence-corrected chi connectivity index (χ1v) is 6.74. The Morgan fingerprint density at radius 2 is 2.25 bits per heavy atom. The summed E-state index contributed by atoms with van der Waals surface area (Å²) in [4.78, 5) is 11.7. The summed E-state index contributed by atoms with van der Waals surface area (Å²) in [6.07, 6.45) is 6.65. The Labute approximate surface area is 98.4 Å². The van der Waals surface area contributed by atoms with Crippen molar-refractivity contribution in [2.45, 2.75) is 51.5 Å². The maximum Gasteiger partial charge on any atom is 0.220 e. The van der Waals surface area contributed by atoms with E-state index in [4.69, 9.17) is 0 Å². The van der Waals surface area contributed by atoms with E-state index >= 15 is 0 Å². The van der Waals surface area contributed by atoms with Gasteiger partial charge in [0.05, 0.1) is 0 Å². The second-order valence-electron chi connectivity index (χ2n) is 5.58. The molecular formula is C13H24N2O. The molecule has 1 saturated heterocycles. The minimum absolute atomic E-state index is 0.269. The van der Waals surface area contributed by atoms with Gasteiger partial charge in [0.15, 0.2) is 0 Å². The molecule has 3 nitrogen and oxygen atoms in total. The molecular weight excluding hydrogens is 200 g/mol. The standard InChI is InChI=1S/C13H24N2O/c1-10-2-4-12(8-10)15-13(16)5-3-11-6-7-14-9-11/h10-12,14H,2-9H2,1H3,(H,15,16). The van der Waals surface area contributed by atoms with Gasteiger partial charge in [-0.1, -0.05) is 6.92 Å². The minimum Gasteiger partial charge on any atom is -0.353 e. The third-order valence-electron chi connectivity index (χ3n) is 4.00. The second-order valence-corrected chi connectivity index (χ2v) is 5.58. The zero-order valence-electron chi connectivity index (χ0n) is 10.3. The van der Waals surface area contributed by atoms with Gasteiger partial charge in [-0.15, -0.1) is 0 Å². The molecule has 0 spiro atoms. The maximum atomic E-state index is 11.7. The first-order chi connectivity index (χ1) is 7.74. The summed E-state index contributed by atoms with van der Waals surface area (Å²) in [6.45, 7) is 4.51. The van der Waals surface area contributed by atoms with Crippen molar-refractivity contribution in [1.82, 2.24) is 10.6 Å². The molecule has 2 fully saturated rings. The highest BCUT2D eigenvalue weighted by molar-refractivity contribution is 5.76. The Bertz CT molecular complexity index is 236. The van der Waals surface area contributed by atoms with E-state index in [2.05, 4.69) is 17.6 Å². The van der Waals surface area contributed by atoms with Crippen molar-refractivity contribution >= 4 is 5.91 Å². The van der Waals surface area contributed by atoms with E-state index in [1.807, 2.05) is 0 Å². The number of carbonyl (C=O) groups excluding carboxylic acids is 1. The van der Waals surface area contributed by atoms with Crippen molar-refractivity contribution in [3.05, 3.63) is 0 Å². The molecule has 0 aromatic carbocycles. The van der Waals surface area contributed by atoms with Crippen LogP contribution in [-0.4, -0.2) is 25.0 Å². The van der Waals surface area contributed by atoms with Crippen LogP contribution in [0.3, 0.4) is 0 Å². The monoisotopic (exact) mass is 224 g/mol. The molecule has 16 heavy (non-hydrogen) atoms. The van der Waals surface area contributed by atoms with E-state index in [1.54, 1.807) is 0 Å². The van der Waals surface area contributed by atoms with Gasteiger partial charge >= 0.3 is 0 Å². The first-order valence-electron chi connectivity index (χ1n) is 6.74. The Morgan fingerprint density at radius 3 is 2.88 bits per heavy atom. The largest absolute Gasteiger partial charge is 0.353 e. The fraction of sp³-hybridized carbons (Fsp3) is 0.923. The van der Waals surface area contributed by atoms with Crippen LogP contribution in [-0.2, 0) is 4.79 Å². The van der Waals surface area contributed by atoms with Crippen LogP contribution >= 0.6 is 0 Å². The summed E-state index contributed by atoms with van der Waals surface area (Å²) in [7, 11) is 0. The summed E-state index contributed by atoms with van der Waals surface area (Å²) >= 11 is 0. The summed E-state index contributed by atoms with van der Waals surface area (Å²) in [5, 5.41) is 6.52. The zero-order valence-corrected chi connectivity index (χ0v) is 10.3. The Balaban J connectivity index is 1.60.